The number of hydrogen-bond donors (Lipinski definition) is 2. The second-order valence-corrected chi connectivity index (χ2v) is 6.03. The molecule has 1 unspecified atom stereocenters. The van der Waals surface area contributed by atoms with Crippen molar-refractivity contribution in [1.29, 1.82) is 0 Å². The lowest BCUT2D eigenvalue weighted by atomic mass is 9.84. The molecule has 0 saturated heterocycles. The number of carbonyl (C=O) groups is 1. The number of thiocarbonyl (C=S) groups is 1. The topological polar surface area (TPSA) is 81.2 Å². The molecule has 1 saturated carbocycles. The molecule has 0 aromatic carbocycles. The zero-order chi connectivity index (χ0) is 14.9. The van der Waals surface area contributed by atoms with Crippen molar-refractivity contribution in [3.05, 3.63) is 17.0 Å². The summed E-state index contributed by atoms with van der Waals surface area (Å²) in [6.07, 6.45) is 3.46. The molecule has 0 bridgehead atoms. The van der Waals surface area contributed by atoms with Crippen LogP contribution in [0.5, 0.6) is 0 Å². The van der Waals surface area contributed by atoms with Gasteiger partial charge in [-0.15, -0.1) is 0 Å². The van der Waals surface area contributed by atoms with E-state index < -0.39 is 5.41 Å². The van der Waals surface area contributed by atoms with Crippen molar-refractivity contribution in [2.75, 3.05) is 0 Å². The summed E-state index contributed by atoms with van der Waals surface area (Å²) in [5, 5.41) is 6.94. The molecule has 0 aliphatic heterocycles. The molecule has 1 aromatic heterocycles. The Bertz CT molecular complexity index is 513. The Morgan fingerprint density at radius 3 is 2.50 bits per heavy atom. The van der Waals surface area contributed by atoms with Crippen molar-refractivity contribution in [1.82, 2.24) is 10.5 Å². The van der Waals surface area contributed by atoms with Crippen LogP contribution in [-0.2, 0) is 4.79 Å². The monoisotopic (exact) mass is 295 g/mol. The molecule has 0 radical (unpaired) electrons. The van der Waals surface area contributed by atoms with Gasteiger partial charge in [0.05, 0.1) is 22.1 Å². The van der Waals surface area contributed by atoms with Crippen LogP contribution in [0, 0.1) is 19.3 Å². The maximum atomic E-state index is 12.6. The van der Waals surface area contributed by atoms with Crippen LogP contribution in [0.15, 0.2) is 4.52 Å². The van der Waals surface area contributed by atoms with E-state index in [2.05, 4.69) is 10.5 Å². The molecular formula is C14H21N3O2S. The van der Waals surface area contributed by atoms with Crippen LogP contribution in [0.2, 0.25) is 0 Å². The van der Waals surface area contributed by atoms with Gasteiger partial charge >= 0.3 is 0 Å². The Labute approximate surface area is 124 Å². The minimum Gasteiger partial charge on any atom is -0.392 e. The first-order valence-corrected chi connectivity index (χ1v) is 7.33. The predicted molar refractivity (Wildman–Crippen MR) is 80.2 cm³/mol. The number of nitrogens with two attached hydrogens (primary N) is 1. The molecule has 5 nitrogen and oxygen atoms in total. The summed E-state index contributed by atoms with van der Waals surface area (Å²) in [6, 6.07) is -0.166. The highest BCUT2D eigenvalue weighted by molar-refractivity contribution is 7.80. The number of amides is 1. The number of hydrogen-bond acceptors (Lipinski definition) is 4. The molecule has 6 heteroatoms. The van der Waals surface area contributed by atoms with Crippen LogP contribution < -0.4 is 11.1 Å². The van der Waals surface area contributed by atoms with Crippen molar-refractivity contribution in [2.24, 2.45) is 11.1 Å². The molecular weight excluding hydrogens is 274 g/mol. The van der Waals surface area contributed by atoms with Crippen molar-refractivity contribution in [2.45, 2.75) is 52.5 Å². The van der Waals surface area contributed by atoms with Gasteiger partial charge in [0.2, 0.25) is 5.91 Å². The van der Waals surface area contributed by atoms with Gasteiger partial charge in [0.15, 0.2) is 0 Å². The van der Waals surface area contributed by atoms with Gasteiger partial charge in [0.1, 0.15) is 5.76 Å². The van der Waals surface area contributed by atoms with Crippen LogP contribution in [0.25, 0.3) is 0 Å². The number of aromatic nitrogens is 1. The SMILES string of the molecule is Cc1noc(C)c1C(C)NC(=O)C1(C(N)=S)CCCC1. The third-order valence-electron chi connectivity index (χ3n) is 4.23. The first-order valence-electron chi connectivity index (χ1n) is 6.92. The maximum Gasteiger partial charge on any atom is 0.233 e. The Morgan fingerprint density at radius 1 is 1.45 bits per heavy atom. The van der Waals surface area contributed by atoms with Gasteiger partial charge in [-0.05, 0) is 33.6 Å². The molecule has 110 valence electrons. The van der Waals surface area contributed by atoms with Gasteiger partial charge in [-0.25, -0.2) is 0 Å². The molecule has 1 aliphatic rings. The Balaban J connectivity index is 2.17. The molecule has 1 fully saturated rings. The summed E-state index contributed by atoms with van der Waals surface area (Å²) >= 11 is 5.13. The molecule has 0 spiro atoms. The van der Waals surface area contributed by atoms with Gasteiger partial charge in [-0.2, -0.15) is 0 Å². The van der Waals surface area contributed by atoms with Crippen molar-refractivity contribution in [3.63, 3.8) is 0 Å². The van der Waals surface area contributed by atoms with Gasteiger partial charge in [-0.1, -0.05) is 30.2 Å². The molecule has 1 aliphatic carbocycles. The lowest BCUT2D eigenvalue weighted by molar-refractivity contribution is -0.128. The smallest absolute Gasteiger partial charge is 0.233 e. The molecule has 2 rings (SSSR count). The summed E-state index contributed by atoms with van der Waals surface area (Å²) in [5.74, 6) is 0.654. The van der Waals surface area contributed by atoms with Gasteiger partial charge in [-0.3, -0.25) is 4.79 Å². The highest BCUT2D eigenvalue weighted by atomic mass is 32.1. The Kier molecular flexibility index (Phi) is 4.13. The minimum absolute atomic E-state index is 0.0741. The number of carbonyl (C=O) groups excluding carboxylic acids is 1. The van der Waals surface area contributed by atoms with Crippen LogP contribution in [0.1, 0.15) is 55.7 Å². The van der Waals surface area contributed by atoms with Gasteiger partial charge < -0.3 is 15.6 Å². The standard InChI is InChI=1S/C14H21N3O2S/c1-8(11-9(2)17-19-10(11)3)16-13(18)14(12(15)20)6-4-5-7-14/h8H,4-7H2,1-3H3,(H2,15,20)(H,16,18). The summed E-state index contributed by atoms with van der Waals surface area (Å²) in [5.41, 5.74) is 6.87. The van der Waals surface area contributed by atoms with E-state index in [0.29, 0.717) is 4.99 Å². The first-order chi connectivity index (χ1) is 9.38. The predicted octanol–water partition coefficient (Wildman–Crippen LogP) is 2.32. The molecule has 1 heterocycles. The minimum atomic E-state index is -0.678. The highest BCUT2D eigenvalue weighted by Gasteiger charge is 2.44. The van der Waals surface area contributed by atoms with E-state index >= 15 is 0 Å². The molecule has 3 N–H and O–H groups in total. The average molecular weight is 295 g/mol. The molecule has 1 atom stereocenters. The van der Waals surface area contributed by atoms with E-state index in [-0.39, 0.29) is 11.9 Å². The lowest BCUT2D eigenvalue weighted by Crippen LogP contribution is -2.47. The van der Waals surface area contributed by atoms with E-state index in [1.165, 1.54) is 0 Å². The third-order valence-corrected chi connectivity index (χ3v) is 4.62. The zero-order valence-electron chi connectivity index (χ0n) is 12.2. The van der Waals surface area contributed by atoms with E-state index in [1.807, 2.05) is 20.8 Å². The normalized spacial score (nSPS) is 18.8. The lowest BCUT2D eigenvalue weighted by Gasteiger charge is -2.28. The first kappa shape index (κ1) is 15.0. The zero-order valence-corrected chi connectivity index (χ0v) is 13.0. The van der Waals surface area contributed by atoms with Gasteiger partial charge in [0.25, 0.3) is 0 Å². The highest BCUT2D eigenvalue weighted by Crippen LogP contribution is 2.39. The summed E-state index contributed by atoms with van der Waals surface area (Å²) in [4.78, 5) is 12.9. The molecule has 1 amide bonds. The number of nitrogens with one attached hydrogen (secondary N) is 1. The Hall–Kier alpha value is -1.43. The summed E-state index contributed by atoms with van der Waals surface area (Å²) < 4.78 is 5.14. The van der Waals surface area contributed by atoms with E-state index in [9.17, 15) is 4.79 Å². The molecule has 20 heavy (non-hydrogen) atoms. The van der Waals surface area contributed by atoms with Crippen LogP contribution in [0.4, 0.5) is 0 Å². The summed E-state index contributed by atoms with van der Waals surface area (Å²) in [7, 11) is 0. The second-order valence-electron chi connectivity index (χ2n) is 5.59. The maximum absolute atomic E-state index is 12.6. The van der Waals surface area contributed by atoms with E-state index in [0.717, 1.165) is 42.7 Å². The van der Waals surface area contributed by atoms with Gasteiger partial charge in [0, 0.05) is 5.56 Å². The van der Waals surface area contributed by atoms with E-state index in [4.69, 9.17) is 22.5 Å². The number of rotatable bonds is 4. The average Bonchev–Trinajstić information content (AvgIpc) is 2.97. The largest absolute Gasteiger partial charge is 0.392 e. The van der Waals surface area contributed by atoms with Crippen molar-refractivity contribution >= 4 is 23.1 Å². The quantitative estimate of drug-likeness (QED) is 0.833. The fraction of sp³-hybridized carbons (Fsp3) is 0.643. The fourth-order valence-electron chi connectivity index (χ4n) is 3.08. The van der Waals surface area contributed by atoms with Crippen molar-refractivity contribution < 1.29 is 9.32 Å². The molecule has 1 aromatic rings. The van der Waals surface area contributed by atoms with Crippen LogP contribution >= 0.6 is 12.2 Å². The fourth-order valence-corrected chi connectivity index (χ4v) is 3.38. The Morgan fingerprint density at radius 2 is 2.05 bits per heavy atom. The van der Waals surface area contributed by atoms with Crippen molar-refractivity contribution in [3.8, 4) is 0 Å². The second kappa shape index (κ2) is 5.52. The summed E-state index contributed by atoms with van der Waals surface area (Å²) in [6.45, 7) is 5.64. The number of aryl methyl sites for hydroxylation is 2. The van der Waals surface area contributed by atoms with Crippen LogP contribution in [-0.4, -0.2) is 16.1 Å². The third kappa shape index (κ3) is 2.44. The number of nitrogens with zero attached hydrogens (tertiary/aromatic N) is 1. The van der Waals surface area contributed by atoms with E-state index in [1.54, 1.807) is 0 Å². The van der Waals surface area contributed by atoms with Crippen LogP contribution in [0.3, 0.4) is 0 Å².